The Labute approximate surface area is 115 Å². The number of aryl methyl sites for hydroxylation is 1. The summed E-state index contributed by atoms with van der Waals surface area (Å²) in [6.07, 6.45) is 3.51. The van der Waals surface area contributed by atoms with E-state index >= 15 is 0 Å². The van der Waals surface area contributed by atoms with E-state index in [9.17, 15) is 0 Å². The second-order valence-corrected chi connectivity index (χ2v) is 5.93. The zero-order chi connectivity index (χ0) is 13.4. The van der Waals surface area contributed by atoms with Gasteiger partial charge in [0.15, 0.2) is 0 Å². The van der Waals surface area contributed by atoms with Gasteiger partial charge in [0.2, 0.25) is 0 Å². The highest BCUT2D eigenvalue weighted by Crippen LogP contribution is 2.25. The highest BCUT2D eigenvalue weighted by molar-refractivity contribution is 5.83. The quantitative estimate of drug-likeness (QED) is 0.916. The molecule has 1 saturated heterocycles. The lowest BCUT2D eigenvalue weighted by Gasteiger charge is -2.17. The van der Waals surface area contributed by atoms with Crippen molar-refractivity contribution in [1.29, 1.82) is 0 Å². The monoisotopic (exact) mass is 257 g/mol. The second kappa shape index (κ2) is 4.99. The Balaban J connectivity index is 1.79. The molecule has 1 aliphatic heterocycles. The van der Waals surface area contributed by atoms with Gasteiger partial charge >= 0.3 is 0 Å². The van der Waals surface area contributed by atoms with Crippen molar-refractivity contribution in [2.75, 3.05) is 13.1 Å². The van der Waals surface area contributed by atoms with Gasteiger partial charge in [0.05, 0.1) is 0 Å². The zero-order valence-electron chi connectivity index (χ0n) is 11.8. The third-order valence-electron chi connectivity index (χ3n) is 4.43. The average Bonchev–Trinajstić information content (AvgIpc) is 2.97. The predicted octanol–water partition coefficient (Wildman–Crippen LogP) is 2.35. The molecule has 2 aromatic rings. The maximum Gasteiger partial charge on any atom is 0.0481 e. The predicted molar refractivity (Wildman–Crippen MR) is 80.0 cm³/mol. The third kappa shape index (κ3) is 2.40. The van der Waals surface area contributed by atoms with Crippen molar-refractivity contribution in [1.82, 2.24) is 9.47 Å². The van der Waals surface area contributed by atoms with E-state index in [0.717, 1.165) is 13.1 Å². The lowest BCUT2D eigenvalue weighted by atomic mass is 10.0. The van der Waals surface area contributed by atoms with Crippen LogP contribution in [0.25, 0.3) is 10.9 Å². The fraction of sp³-hybridized carbons (Fsp3) is 0.500. The number of hydrogen-bond acceptors (Lipinski definition) is 2. The minimum Gasteiger partial charge on any atom is -0.350 e. The summed E-state index contributed by atoms with van der Waals surface area (Å²) in [5, 5.41) is 1.38. The first-order chi connectivity index (χ1) is 9.15. The minimum absolute atomic E-state index is 0.317. The van der Waals surface area contributed by atoms with Crippen LogP contribution in [0.5, 0.6) is 0 Å². The van der Waals surface area contributed by atoms with Crippen LogP contribution < -0.4 is 5.73 Å². The summed E-state index contributed by atoms with van der Waals surface area (Å²) in [7, 11) is 2.13. The van der Waals surface area contributed by atoms with Crippen molar-refractivity contribution in [2.45, 2.75) is 25.9 Å². The topological polar surface area (TPSA) is 34.2 Å². The van der Waals surface area contributed by atoms with E-state index in [1.54, 1.807) is 0 Å². The number of rotatable bonds is 3. The molecule has 19 heavy (non-hydrogen) atoms. The summed E-state index contributed by atoms with van der Waals surface area (Å²) in [6.45, 7) is 5.49. The summed E-state index contributed by atoms with van der Waals surface area (Å²) in [5.41, 5.74) is 8.77. The summed E-state index contributed by atoms with van der Waals surface area (Å²) in [5.74, 6) is 0.662. The molecule has 2 heterocycles. The molecule has 2 N–H and O–H groups in total. The number of hydrogen-bond donors (Lipinski definition) is 1. The summed E-state index contributed by atoms with van der Waals surface area (Å²) in [6, 6.07) is 8.96. The molecule has 3 rings (SSSR count). The van der Waals surface area contributed by atoms with Gasteiger partial charge in [-0.3, -0.25) is 4.90 Å². The van der Waals surface area contributed by atoms with Crippen LogP contribution in [0.1, 0.15) is 18.9 Å². The van der Waals surface area contributed by atoms with E-state index in [1.165, 1.54) is 29.4 Å². The maximum atomic E-state index is 6.02. The Kier molecular flexibility index (Phi) is 3.33. The van der Waals surface area contributed by atoms with Crippen LogP contribution in [0.15, 0.2) is 30.5 Å². The molecular weight excluding hydrogens is 234 g/mol. The molecule has 3 nitrogen and oxygen atoms in total. The Morgan fingerprint density at radius 1 is 1.37 bits per heavy atom. The maximum absolute atomic E-state index is 6.02. The second-order valence-electron chi connectivity index (χ2n) is 5.93. The zero-order valence-corrected chi connectivity index (χ0v) is 11.8. The molecule has 1 aromatic carbocycles. The van der Waals surface area contributed by atoms with E-state index < -0.39 is 0 Å². The Morgan fingerprint density at radius 2 is 2.16 bits per heavy atom. The van der Waals surface area contributed by atoms with Crippen molar-refractivity contribution >= 4 is 10.9 Å². The molecule has 1 aliphatic rings. The molecule has 2 atom stereocenters. The summed E-state index contributed by atoms with van der Waals surface area (Å²) >= 11 is 0. The molecule has 2 unspecified atom stereocenters. The van der Waals surface area contributed by atoms with E-state index in [4.69, 9.17) is 5.73 Å². The highest BCUT2D eigenvalue weighted by atomic mass is 15.1. The molecule has 3 heteroatoms. The Morgan fingerprint density at radius 3 is 2.89 bits per heavy atom. The average molecular weight is 257 g/mol. The first-order valence-corrected chi connectivity index (χ1v) is 7.16. The molecule has 0 saturated carbocycles. The molecule has 0 spiro atoms. The van der Waals surface area contributed by atoms with Gasteiger partial charge in [-0.1, -0.05) is 18.2 Å². The highest BCUT2D eigenvalue weighted by Gasteiger charge is 2.25. The molecule has 1 fully saturated rings. The van der Waals surface area contributed by atoms with Crippen LogP contribution in [0.3, 0.4) is 0 Å². The van der Waals surface area contributed by atoms with E-state index in [2.05, 4.69) is 53.9 Å². The smallest absolute Gasteiger partial charge is 0.0481 e. The van der Waals surface area contributed by atoms with Gasteiger partial charge in [-0.15, -0.1) is 0 Å². The molecule has 102 valence electrons. The van der Waals surface area contributed by atoms with Gasteiger partial charge in [-0.05, 0) is 37.4 Å². The van der Waals surface area contributed by atoms with Crippen LogP contribution in [0, 0.1) is 5.92 Å². The van der Waals surface area contributed by atoms with Crippen molar-refractivity contribution < 1.29 is 0 Å². The number of aromatic nitrogens is 1. The third-order valence-corrected chi connectivity index (χ3v) is 4.43. The van der Waals surface area contributed by atoms with Crippen molar-refractivity contribution in [3.8, 4) is 0 Å². The number of likely N-dealkylation sites (tertiary alicyclic amines) is 1. The van der Waals surface area contributed by atoms with E-state index in [-0.39, 0.29) is 0 Å². The normalized spacial score (nSPS) is 22.2. The fourth-order valence-corrected chi connectivity index (χ4v) is 3.23. The van der Waals surface area contributed by atoms with Crippen molar-refractivity contribution in [2.24, 2.45) is 18.7 Å². The summed E-state index contributed by atoms with van der Waals surface area (Å²) in [4.78, 5) is 2.54. The van der Waals surface area contributed by atoms with Crippen LogP contribution in [-0.4, -0.2) is 28.6 Å². The van der Waals surface area contributed by atoms with Gasteiger partial charge in [-0.25, -0.2) is 0 Å². The standard InChI is InChI=1S/C16H23N3/c1-12(17)13-7-8-19(10-13)11-14-9-18(2)16-6-4-3-5-15(14)16/h3-6,9,12-13H,7-8,10-11,17H2,1-2H3. The Hall–Kier alpha value is -1.32. The molecule has 0 radical (unpaired) electrons. The lowest BCUT2D eigenvalue weighted by Crippen LogP contribution is -2.29. The van der Waals surface area contributed by atoms with Crippen LogP contribution in [0.2, 0.25) is 0 Å². The van der Waals surface area contributed by atoms with Crippen LogP contribution in [-0.2, 0) is 13.6 Å². The fourth-order valence-electron chi connectivity index (χ4n) is 3.23. The van der Waals surface area contributed by atoms with E-state index in [0.29, 0.717) is 12.0 Å². The van der Waals surface area contributed by atoms with E-state index in [1.807, 2.05) is 0 Å². The van der Waals surface area contributed by atoms with Gasteiger partial charge < -0.3 is 10.3 Å². The number of nitrogens with zero attached hydrogens (tertiary/aromatic N) is 2. The summed E-state index contributed by atoms with van der Waals surface area (Å²) < 4.78 is 2.23. The van der Waals surface area contributed by atoms with Crippen LogP contribution in [0.4, 0.5) is 0 Å². The molecular formula is C16H23N3. The van der Waals surface area contributed by atoms with Gasteiger partial charge in [0, 0.05) is 43.3 Å². The lowest BCUT2D eigenvalue weighted by molar-refractivity contribution is 0.309. The van der Waals surface area contributed by atoms with Crippen molar-refractivity contribution in [3.05, 3.63) is 36.0 Å². The molecule has 0 aliphatic carbocycles. The van der Waals surface area contributed by atoms with Gasteiger partial charge in [0.25, 0.3) is 0 Å². The van der Waals surface area contributed by atoms with Gasteiger partial charge in [0.1, 0.15) is 0 Å². The largest absolute Gasteiger partial charge is 0.350 e. The Bertz CT molecular complexity index is 570. The number of fused-ring (bicyclic) bond motifs is 1. The van der Waals surface area contributed by atoms with Crippen molar-refractivity contribution in [3.63, 3.8) is 0 Å². The number of benzene rings is 1. The number of nitrogens with two attached hydrogens (primary N) is 1. The first-order valence-electron chi connectivity index (χ1n) is 7.16. The first kappa shape index (κ1) is 12.7. The SMILES string of the molecule is CC(N)C1CCN(Cc2cn(C)c3ccccc23)C1. The molecule has 0 amide bonds. The van der Waals surface area contributed by atoms with Crippen LogP contribution >= 0.6 is 0 Å². The molecule has 1 aromatic heterocycles. The molecule has 0 bridgehead atoms. The number of para-hydroxylation sites is 1. The minimum atomic E-state index is 0.317. The van der Waals surface area contributed by atoms with Gasteiger partial charge in [-0.2, -0.15) is 0 Å².